The first kappa shape index (κ1) is 15.5. The molecule has 2 heterocycles. The number of hydrogen-bond acceptors (Lipinski definition) is 6. The molecule has 2 nitrogen and oxygen atoms in total. The summed E-state index contributed by atoms with van der Waals surface area (Å²) in [7, 11) is 0. The smallest absolute Gasteiger partial charge is 0.108 e. The molecule has 2 aromatic heterocycles. The Morgan fingerprint density at radius 3 is 1.65 bits per heavy atom. The Hall–Kier alpha value is -0.920. The minimum atomic E-state index is 0.787. The van der Waals surface area contributed by atoms with E-state index in [9.17, 15) is 10.5 Å². The van der Waals surface area contributed by atoms with E-state index in [2.05, 4.69) is 24.3 Å². The molecule has 0 spiro atoms. The van der Waals surface area contributed by atoms with Crippen molar-refractivity contribution in [1.29, 1.82) is 10.5 Å². The van der Waals surface area contributed by atoms with E-state index in [1.807, 2.05) is 13.8 Å². The molecule has 0 radical (unpaired) electrons. The lowest BCUT2D eigenvalue weighted by Gasteiger charge is -1.91. The van der Waals surface area contributed by atoms with E-state index in [0.29, 0.717) is 0 Å². The maximum Gasteiger partial charge on any atom is 0.108 e. The maximum absolute atomic E-state index is 9.18. The molecule has 0 unspecified atom stereocenters. The van der Waals surface area contributed by atoms with Gasteiger partial charge >= 0.3 is 0 Å². The fourth-order valence-electron chi connectivity index (χ4n) is 1.67. The molecule has 0 amide bonds. The zero-order valence-corrected chi connectivity index (χ0v) is 14.4. The molecular formula is C14H12N2S4. The van der Waals surface area contributed by atoms with Crippen molar-refractivity contribution in [3.63, 3.8) is 0 Å². The number of thiophene rings is 2. The van der Waals surface area contributed by atoms with Crippen molar-refractivity contribution in [2.75, 3.05) is 11.5 Å². The average molecular weight is 337 g/mol. The maximum atomic E-state index is 9.18. The van der Waals surface area contributed by atoms with Gasteiger partial charge in [0.05, 0.1) is 9.06 Å². The molecule has 0 aliphatic heterocycles. The number of hydrogen-bond donors (Lipinski definition) is 0. The number of rotatable bonds is 4. The van der Waals surface area contributed by atoms with E-state index in [-0.39, 0.29) is 0 Å². The Morgan fingerprint density at radius 1 is 0.950 bits per heavy atom. The summed E-state index contributed by atoms with van der Waals surface area (Å²) < 4.78 is 4.39. The van der Waals surface area contributed by atoms with Crippen molar-refractivity contribution in [3.8, 4) is 12.1 Å². The van der Waals surface area contributed by atoms with Crippen molar-refractivity contribution in [3.05, 3.63) is 21.2 Å². The Labute approximate surface area is 134 Å². The van der Waals surface area contributed by atoms with Gasteiger partial charge in [0.2, 0.25) is 0 Å². The second-order valence-corrected chi connectivity index (χ2v) is 8.41. The van der Waals surface area contributed by atoms with E-state index in [4.69, 9.17) is 0 Å². The molecule has 0 aliphatic rings. The van der Waals surface area contributed by atoms with Crippen molar-refractivity contribution >= 4 is 65.4 Å². The molecule has 6 heteroatoms. The van der Waals surface area contributed by atoms with Gasteiger partial charge in [-0.25, -0.2) is 0 Å². The lowest BCUT2D eigenvalue weighted by Crippen LogP contribution is -1.96. The first-order valence-corrected chi connectivity index (χ1v) is 9.67. The van der Waals surface area contributed by atoms with Gasteiger partial charge in [-0.2, -0.15) is 10.5 Å². The lowest BCUT2D eigenvalue weighted by atomic mass is 10.4. The summed E-state index contributed by atoms with van der Waals surface area (Å²) in [6.45, 7) is 4.10. The SMILES string of the molecule is CCS/C(C#N)=c1/cc2s/c(=C(/C#N)SCC)cc2s1. The second kappa shape index (κ2) is 7.19. The normalized spacial score (nSPS) is 13.8. The standard InChI is InChI=1S/C14H12N2S4/c1-3-17-13(7-15)11-5-9-10(19-11)6-12(20-9)14(8-16)18-4-2/h5-6H,3-4H2,1-2H3/b13-11-,14-12-. The minimum Gasteiger partial charge on any atom is -0.192 e. The highest BCUT2D eigenvalue weighted by Crippen LogP contribution is 2.24. The molecule has 20 heavy (non-hydrogen) atoms. The molecule has 102 valence electrons. The van der Waals surface area contributed by atoms with Crippen LogP contribution in [0.25, 0.3) is 19.2 Å². The van der Waals surface area contributed by atoms with Gasteiger partial charge in [-0.1, -0.05) is 13.8 Å². The summed E-state index contributed by atoms with van der Waals surface area (Å²) in [6.07, 6.45) is 0. The average Bonchev–Trinajstić information content (AvgIpc) is 3.00. The number of thioether (sulfide) groups is 2. The molecule has 0 atom stereocenters. The third-order valence-corrected chi connectivity index (χ3v) is 6.80. The minimum absolute atomic E-state index is 0.787. The van der Waals surface area contributed by atoms with Crippen LogP contribution < -0.4 is 9.06 Å². The fraction of sp³-hybridized carbons (Fsp3) is 0.286. The van der Waals surface area contributed by atoms with Crippen LogP contribution in [-0.2, 0) is 0 Å². The fourth-order valence-corrected chi connectivity index (χ4v) is 5.55. The molecule has 0 bridgehead atoms. The highest BCUT2D eigenvalue weighted by molar-refractivity contribution is 8.08. The van der Waals surface area contributed by atoms with Gasteiger partial charge in [-0.05, 0) is 23.6 Å². The summed E-state index contributed by atoms with van der Waals surface area (Å²) in [4.78, 5) is 1.57. The topological polar surface area (TPSA) is 47.6 Å². The summed E-state index contributed by atoms with van der Waals surface area (Å²) >= 11 is 6.43. The van der Waals surface area contributed by atoms with Gasteiger partial charge < -0.3 is 0 Å². The molecule has 0 aliphatic carbocycles. The van der Waals surface area contributed by atoms with Gasteiger partial charge in [0, 0.05) is 9.40 Å². The summed E-state index contributed by atoms with van der Waals surface area (Å²) in [5.74, 6) is 1.80. The first-order valence-electron chi connectivity index (χ1n) is 6.07. The van der Waals surface area contributed by atoms with Crippen LogP contribution >= 0.6 is 46.2 Å². The van der Waals surface area contributed by atoms with Crippen molar-refractivity contribution in [2.45, 2.75) is 13.8 Å². The van der Waals surface area contributed by atoms with Gasteiger partial charge in [0.1, 0.15) is 21.9 Å². The van der Waals surface area contributed by atoms with Crippen LogP contribution in [-0.4, -0.2) is 11.5 Å². The Bertz CT molecular complexity index is 711. The Balaban J connectivity index is 2.59. The van der Waals surface area contributed by atoms with E-state index < -0.39 is 0 Å². The highest BCUT2D eigenvalue weighted by Gasteiger charge is 2.06. The summed E-state index contributed by atoms with van der Waals surface area (Å²) in [5.41, 5.74) is 0. The Kier molecular flexibility index (Phi) is 5.56. The van der Waals surface area contributed by atoms with Crippen LogP contribution in [0.15, 0.2) is 12.1 Å². The predicted molar refractivity (Wildman–Crippen MR) is 93.3 cm³/mol. The number of nitriles is 2. The van der Waals surface area contributed by atoms with E-state index >= 15 is 0 Å². The van der Waals surface area contributed by atoms with Crippen LogP contribution in [0.5, 0.6) is 0 Å². The van der Waals surface area contributed by atoms with Gasteiger partial charge in [-0.15, -0.1) is 46.2 Å². The van der Waals surface area contributed by atoms with E-state index in [1.165, 1.54) is 0 Å². The molecule has 0 saturated heterocycles. The van der Waals surface area contributed by atoms with Crippen LogP contribution in [0, 0.1) is 22.7 Å². The number of nitrogens with zero attached hydrogens (tertiary/aromatic N) is 2. The predicted octanol–water partition coefficient (Wildman–Crippen LogP) is 3.73. The summed E-state index contributed by atoms with van der Waals surface area (Å²) in [6, 6.07) is 8.68. The molecule has 2 aromatic rings. The van der Waals surface area contributed by atoms with E-state index in [0.717, 1.165) is 39.8 Å². The zero-order valence-electron chi connectivity index (χ0n) is 11.1. The lowest BCUT2D eigenvalue weighted by molar-refractivity contribution is 1.53. The largest absolute Gasteiger partial charge is 0.192 e. The summed E-state index contributed by atoms with van der Waals surface area (Å²) in [5, 5.41) is 18.4. The molecule has 2 rings (SSSR count). The first-order chi connectivity index (χ1) is 9.73. The van der Waals surface area contributed by atoms with Crippen molar-refractivity contribution in [2.24, 2.45) is 0 Å². The van der Waals surface area contributed by atoms with Gasteiger partial charge in [0.25, 0.3) is 0 Å². The quantitative estimate of drug-likeness (QED) is 0.853. The molecule has 0 aromatic carbocycles. The molecular weight excluding hydrogens is 324 g/mol. The van der Waals surface area contributed by atoms with Crippen molar-refractivity contribution in [1.82, 2.24) is 0 Å². The number of fused-ring (bicyclic) bond motifs is 1. The Morgan fingerprint density at radius 2 is 1.35 bits per heavy atom. The second-order valence-electron chi connectivity index (χ2n) is 3.70. The van der Waals surface area contributed by atoms with Gasteiger partial charge in [-0.3, -0.25) is 0 Å². The van der Waals surface area contributed by atoms with Crippen LogP contribution in [0.3, 0.4) is 0 Å². The third kappa shape index (κ3) is 3.21. The third-order valence-electron chi connectivity index (χ3n) is 2.44. The van der Waals surface area contributed by atoms with Crippen molar-refractivity contribution < 1.29 is 0 Å². The zero-order chi connectivity index (χ0) is 14.5. The van der Waals surface area contributed by atoms with Gasteiger partial charge in [0.15, 0.2) is 0 Å². The molecule has 0 N–H and O–H groups in total. The molecule has 0 fully saturated rings. The highest BCUT2D eigenvalue weighted by atomic mass is 32.2. The van der Waals surface area contributed by atoms with Crippen LogP contribution in [0.1, 0.15) is 13.8 Å². The van der Waals surface area contributed by atoms with Crippen LogP contribution in [0.2, 0.25) is 0 Å². The van der Waals surface area contributed by atoms with E-state index in [1.54, 1.807) is 46.2 Å². The molecule has 0 saturated carbocycles. The van der Waals surface area contributed by atoms with Crippen LogP contribution in [0.4, 0.5) is 0 Å². The monoisotopic (exact) mass is 336 g/mol.